The molecule has 0 unspecified atom stereocenters. The summed E-state index contributed by atoms with van der Waals surface area (Å²) in [5.41, 5.74) is 6.18. The molecule has 3 nitrogen and oxygen atoms in total. The minimum atomic E-state index is 0.657. The molecule has 0 bridgehead atoms. The Kier molecular flexibility index (Phi) is 6.23. The van der Waals surface area contributed by atoms with Gasteiger partial charge in [-0.15, -0.1) is 0 Å². The Bertz CT molecular complexity index is 821. The van der Waals surface area contributed by atoms with Gasteiger partial charge in [0.05, 0.1) is 17.1 Å². The lowest BCUT2D eigenvalue weighted by Gasteiger charge is -2.31. The first-order valence-electron chi connectivity index (χ1n) is 10.7. The lowest BCUT2D eigenvalue weighted by Crippen LogP contribution is -2.37. The highest BCUT2D eigenvalue weighted by molar-refractivity contribution is 5.92. The second kappa shape index (κ2) is 9.20. The van der Waals surface area contributed by atoms with Gasteiger partial charge in [-0.05, 0) is 43.9 Å². The first kappa shape index (κ1) is 18.9. The predicted octanol–water partition coefficient (Wildman–Crippen LogP) is 5.80. The smallest absolute Gasteiger partial charge is 0.0717 e. The number of hydrogen-bond donors (Lipinski definition) is 1. The third-order valence-electron chi connectivity index (χ3n) is 5.78. The average Bonchev–Trinajstić information content (AvgIpc) is 3.03. The van der Waals surface area contributed by atoms with Crippen LogP contribution >= 0.6 is 0 Å². The van der Waals surface area contributed by atoms with Crippen molar-refractivity contribution in [2.45, 2.75) is 57.9 Å². The number of allylic oxidation sites excluding steroid dienone is 6. The lowest BCUT2D eigenvalue weighted by atomic mass is 9.95. The number of hydrazone groups is 1. The van der Waals surface area contributed by atoms with E-state index in [0.29, 0.717) is 6.04 Å². The molecule has 1 aromatic rings. The van der Waals surface area contributed by atoms with Crippen molar-refractivity contribution in [1.29, 1.82) is 0 Å². The number of nitrogens with one attached hydrogen (secondary N) is 1. The molecule has 1 saturated carbocycles. The Hall–Kier alpha value is -2.39. The zero-order chi connectivity index (χ0) is 19.2. The molecular weight excluding hydrogens is 342 g/mol. The molecule has 3 heteroatoms. The van der Waals surface area contributed by atoms with Crippen LogP contribution in [0.5, 0.6) is 0 Å². The number of hydrogen-bond acceptors (Lipinski definition) is 3. The van der Waals surface area contributed by atoms with Crippen LogP contribution in [0.25, 0.3) is 5.70 Å². The van der Waals surface area contributed by atoms with Gasteiger partial charge < -0.3 is 5.32 Å². The van der Waals surface area contributed by atoms with Crippen LogP contribution in [-0.2, 0) is 0 Å². The fraction of sp³-hybridized carbons (Fsp3) is 0.400. The largest absolute Gasteiger partial charge is 0.309 e. The molecule has 1 fully saturated rings. The molecule has 146 valence electrons. The van der Waals surface area contributed by atoms with Crippen LogP contribution in [0.3, 0.4) is 0 Å². The molecule has 0 atom stereocenters. The van der Waals surface area contributed by atoms with E-state index in [2.05, 4.69) is 78.0 Å². The van der Waals surface area contributed by atoms with Crippen LogP contribution < -0.4 is 5.32 Å². The molecule has 0 spiro atoms. The Morgan fingerprint density at radius 2 is 1.89 bits per heavy atom. The predicted molar refractivity (Wildman–Crippen MR) is 119 cm³/mol. The van der Waals surface area contributed by atoms with Gasteiger partial charge in [-0.2, -0.15) is 5.10 Å². The second-order valence-corrected chi connectivity index (χ2v) is 8.02. The maximum atomic E-state index is 5.12. The van der Waals surface area contributed by atoms with Crippen molar-refractivity contribution in [3.05, 3.63) is 77.5 Å². The summed E-state index contributed by atoms with van der Waals surface area (Å²) < 4.78 is 0. The summed E-state index contributed by atoms with van der Waals surface area (Å²) in [6.07, 6.45) is 19.5. The van der Waals surface area contributed by atoms with Gasteiger partial charge in [-0.1, -0.05) is 67.8 Å². The van der Waals surface area contributed by atoms with Gasteiger partial charge in [-0.25, -0.2) is 5.01 Å². The minimum absolute atomic E-state index is 0.657. The lowest BCUT2D eigenvalue weighted by molar-refractivity contribution is 0.386. The van der Waals surface area contributed by atoms with E-state index >= 15 is 0 Å². The van der Waals surface area contributed by atoms with Gasteiger partial charge in [0.2, 0.25) is 0 Å². The average molecular weight is 374 g/mol. The zero-order valence-electron chi connectivity index (χ0n) is 16.9. The molecule has 1 aromatic carbocycles. The number of rotatable bonds is 5. The van der Waals surface area contributed by atoms with Crippen molar-refractivity contribution in [2.24, 2.45) is 5.10 Å². The normalized spacial score (nSPS) is 20.8. The van der Waals surface area contributed by atoms with Crippen molar-refractivity contribution in [3.63, 3.8) is 0 Å². The summed E-state index contributed by atoms with van der Waals surface area (Å²) >= 11 is 0. The van der Waals surface area contributed by atoms with Crippen molar-refractivity contribution in [2.75, 3.05) is 6.54 Å². The van der Waals surface area contributed by atoms with Crippen molar-refractivity contribution < 1.29 is 0 Å². The Labute approximate surface area is 169 Å². The highest BCUT2D eigenvalue weighted by atomic mass is 15.5. The third kappa shape index (κ3) is 4.53. The molecule has 1 heterocycles. The molecule has 1 N–H and O–H groups in total. The summed E-state index contributed by atoms with van der Waals surface area (Å²) in [5.74, 6) is 0. The van der Waals surface area contributed by atoms with Gasteiger partial charge in [0.25, 0.3) is 0 Å². The molecular formula is C25H31N3. The first-order chi connectivity index (χ1) is 13.8. The molecule has 0 radical (unpaired) electrons. The molecule has 0 saturated heterocycles. The topological polar surface area (TPSA) is 27.6 Å². The number of nitrogens with zero attached hydrogens (tertiary/aromatic N) is 2. The standard InChI is InChI=1S/C25H31N3/c1-20-18-23(19-26-22-14-8-5-9-15-22)27-28(24-16-10-2-3-11-17-24)25(20)21-12-6-4-7-13-21/h2,4,6-7,10-13,16-17,22,26H,3,5,8-9,14-15,18-19H2,1H3. The monoisotopic (exact) mass is 373 g/mol. The van der Waals surface area contributed by atoms with E-state index in [1.165, 1.54) is 54.6 Å². The van der Waals surface area contributed by atoms with E-state index in [0.717, 1.165) is 25.1 Å². The van der Waals surface area contributed by atoms with E-state index in [4.69, 9.17) is 5.10 Å². The quantitative estimate of drug-likeness (QED) is 0.706. The van der Waals surface area contributed by atoms with Crippen LogP contribution in [0.1, 0.15) is 57.4 Å². The van der Waals surface area contributed by atoms with Crippen LogP contribution in [-0.4, -0.2) is 23.3 Å². The van der Waals surface area contributed by atoms with E-state index in [-0.39, 0.29) is 0 Å². The fourth-order valence-corrected chi connectivity index (χ4v) is 4.32. The van der Waals surface area contributed by atoms with Crippen molar-refractivity contribution in [3.8, 4) is 0 Å². The zero-order valence-corrected chi connectivity index (χ0v) is 16.9. The van der Waals surface area contributed by atoms with Crippen molar-refractivity contribution in [1.82, 2.24) is 10.3 Å². The molecule has 28 heavy (non-hydrogen) atoms. The van der Waals surface area contributed by atoms with Gasteiger partial charge in [0.15, 0.2) is 0 Å². The van der Waals surface area contributed by atoms with E-state index in [9.17, 15) is 0 Å². The summed E-state index contributed by atoms with van der Waals surface area (Å²) in [4.78, 5) is 0. The van der Waals surface area contributed by atoms with Crippen LogP contribution in [0.15, 0.2) is 77.1 Å². The molecule has 0 aromatic heterocycles. The van der Waals surface area contributed by atoms with Crippen molar-refractivity contribution >= 4 is 11.4 Å². The molecule has 0 amide bonds. The molecule has 1 aliphatic heterocycles. The summed E-state index contributed by atoms with van der Waals surface area (Å²) in [6, 6.07) is 11.3. The van der Waals surface area contributed by atoms with Crippen LogP contribution in [0.2, 0.25) is 0 Å². The minimum Gasteiger partial charge on any atom is -0.309 e. The molecule has 3 aliphatic rings. The van der Waals surface area contributed by atoms with Crippen LogP contribution in [0, 0.1) is 0 Å². The Balaban J connectivity index is 1.60. The molecule has 2 aliphatic carbocycles. The van der Waals surface area contributed by atoms with E-state index in [1.54, 1.807) is 0 Å². The maximum Gasteiger partial charge on any atom is 0.0717 e. The van der Waals surface area contributed by atoms with Crippen LogP contribution in [0.4, 0.5) is 0 Å². The van der Waals surface area contributed by atoms with E-state index in [1.807, 2.05) is 0 Å². The summed E-state index contributed by atoms with van der Waals surface area (Å²) in [5, 5.41) is 11.0. The van der Waals surface area contributed by atoms with Gasteiger partial charge in [0.1, 0.15) is 0 Å². The van der Waals surface area contributed by atoms with Gasteiger partial charge in [-0.3, -0.25) is 0 Å². The Morgan fingerprint density at radius 1 is 1.07 bits per heavy atom. The maximum absolute atomic E-state index is 5.12. The summed E-state index contributed by atoms with van der Waals surface area (Å²) in [7, 11) is 0. The van der Waals surface area contributed by atoms with Gasteiger partial charge in [0, 0.05) is 24.6 Å². The summed E-state index contributed by atoms with van der Waals surface area (Å²) in [6.45, 7) is 3.13. The Morgan fingerprint density at radius 3 is 2.71 bits per heavy atom. The highest BCUT2D eigenvalue weighted by Crippen LogP contribution is 2.33. The highest BCUT2D eigenvalue weighted by Gasteiger charge is 2.24. The fourth-order valence-electron chi connectivity index (χ4n) is 4.32. The number of benzene rings is 1. The van der Waals surface area contributed by atoms with Gasteiger partial charge >= 0.3 is 0 Å². The third-order valence-corrected chi connectivity index (χ3v) is 5.78. The molecule has 4 rings (SSSR count). The first-order valence-corrected chi connectivity index (χ1v) is 10.7. The van der Waals surface area contributed by atoms with E-state index < -0.39 is 0 Å². The second-order valence-electron chi connectivity index (χ2n) is 8.02. The SMILES string of the molecule is CC1=C(c2ccccc2)N(C2=CC=CCC=C2)N=C(CNC2CCCCC2)C1.